The average Bonchev–Trinajstić information content (AvgIpc) is 3.34. The van der Waals surface area contributed by atoms with Gasteiger partial charge in [0.1, 0.15) is 12.2 Å². The number of aromatic nitrogens is 3. The maximum Gasteiger partial charge on any atom is 0.396 e. The van der Waals surface area contributed by atoms with Crippen molar-refractivity contribution < 1.29 is 18.0 Å². The largest absolute Gasteiger partial charge is 0.396 e. The highest BCUT2D eigenvalue weighted by Crippen LogP contribution is 2.27. The second kappa shape index (κ2) is 6.37. The number of amides is 1. The molecule has 8 heteroatoms. The van der Waals surface area contributed by atoms with E-state index in [-0.39, 0.29) is 17.8 Å². The van der Waals surface area contributed by atoms with Crippen LogP contribution in [0.15, 0.2) is 36.5 Å². The number of alkyl halides is 3. The van der Waals surface area contributed by atoms with E-state index in [9.17, 15) is 18.0 Å². The van der Waals surface area contributed by atoms with Gasteiger partial charge in [0.15, 0.2) is 5.65 Å². The summed E-state index contributed by atoms with van der Waals surface area (Å²) in [6.07, 6.45) is -1.94. The number of rotatable bonds is 4. The van der Waals surface area contributed by atoms with Crippen molar-refractivity contribution >= 4 is 11.6 Å². The summed E-state index contributed by atoms with van der Waals surface area (Å²) in [7, 11) is 0. The van der Waals surface area contributed by atoms with Crippen LogP contribution < -0.4 is 5.32 Å². The maximum atomic E-state index is 12.6. The van der Waals surface area contributed by atoms with E-state index >= 15 is 0 Å². The monoisotopic (exact) mass is 374 g/mol. The van der Waals surface area contributed by atoms with Crippen LogP contribution in [0.3, 0.4) is 0 Å². The van der Waals surface area contributed by atoms with Gasteiger partial charge in [0.2, 0.25) is 0 Å². The number of pyridine rings is 1. The van der Waals surface area contributed by atoms with Crippen molar-refractivity contribution in [2.75, 3.05) is 0 Å². The van der Waals surface area contributed by atoms with Crippen molar-refractivity contribution in [1.82, 2.24) is 19.9 Å². The number of hydrogen-bond acceptors (Lipinski definition) is 3. The maximum absolute atomic E-state index is 12.6. The van der Waals surface area contributed by atoms with Crippen LogP contribution in [-0.2, 0) is 6.42 Å². The van der Waals surface area contributed by atoms with Gasteiger partial charge >= 0.3 is 6.18 Å². The van der Waals surface area contributed by atoms with E-state index < -0.39 is 12.6 Å². The molecule has 1 saturated carbocycles. The van der Waals surface area contributed by atoms with E-state index in [1.165, 1.54) is 10.6 Å². The Bertz CT molecular complexity index is 1020. The first-order chi connectivity index (χ1) is 12.8. The van der Waals surface area contributed by atoms with Crippen molar-refractivity contribution in [2.45, 2.75) is 38.4 Å². The van der Waals surface area contributed by atoms with Crippen LogP contribution in [-0.4, -0.2) is 32.7 Å². The number of nitrogens with one attached hydrogen (secondary N) is 1. The predicted molar refractivity (Wildman–Crippen MR) is 93.4 cm³/mol. The Kier molecular flexibility index (Phi) is 4.13. The first-order valence-electron chi connectivity index (χ1n) is 8.62. The molecule has 0 spiro atoms. The molecule has 27 heavy (non-hydrogen) atoms. The second-order valence-corrected chi connectivity index (χ2v) is 6.83. The summed E-state index contributed by atoms with van der Waals surface area (Å²) in [6, 6.07) is 9.08. The van der Waals surface area contributed by atoms with Gasteiger partial charge in [-0.2, -0.15) is 13.2 Å². The van der Waals surface area contributed by atoms with Gasteiger partial charge < -0.3 is 5.32 Å². The third kappa shape index (κ3) is 3.79. The Morgan fingerprint density at radius 1 is 1.22 bits per heavy atom. The van der Waals surface area contributed by atoms with Crippen molar-refractivity contribution in [3.63, 3.8) is 0 Å². The Hall–Kier alpha value is -2.90. The smallest absolute Gasteiger partial charge is 0.349 e. The van der Waals surface area contributed by atoms with Crippen molar-refractivity contribution in [1.29, 1.82) is 0 Å². The lowest BCUT2D eigenvalue weighted by molar-refractivity contribution is -0.128. The molecule has 1 amide bonds. The van der Waals surface area contributed by atoms with Gasteiger partial charge in [-0.15, -0.1) is 10.2 Å². The quantitative estimate of drug-likeness (QED) is 0.758. The number of nitrogens with zero attached hydrogens (tertiary/aromatic N) is 3. The molecule has 1 aromatic carbocycles. The molecule has 1 N–H and O–H groups in total. The third-order valence-corrected chi connectivity index (χ3v) is 4.56. The van der Waals surface area contributed by atoms with E-state index in [4.69, 9.17) is 0 Å². The number of halogens is 3. The normalized spacial score (nSPS) is 14.5. The summed E-state index contributed by atoms with van der Waals surface area (Å²) in [5.41, 5.74) is 3.45. The number of benzene rings is 1. The highest BCUT2D eigenvalue weighted by Gasteiger charge is 2.30. The number of aryl methyl sites for hydroxylation is 1. The first-order valence-corrected chi connectivity index (χ1v) is 8.62. The summed E-state index contributed by atoms with van der Waals surface area (Å²) in [4.78, 5) is 12.3. The van der Waals surface area contributed by atoms with Gasteiger partial charge in [-0.1, -0.05) is 6.07 Å². The fourth-order valence-electron chi connectivity index (χ4n) is 2.98. The number of carbonyl (C=O) groups excluding carboxylic acids is 1. The number of carbonyl (C=O) groups is 1. The van der Waals surface area contributed by atoms with Crippen LogP contribution in [0.1, 0.15) is 34.6 Å². The molecule has 2 aromatic heterocycles. The number of fused-ring (bicyclic) bond motifs is 1. The molecular weight excluding hydrogens is 357 g/mol. The minimum atomic E-state index is -4.35. The SMILES string of the molecule is Cc1ccc(C(=O)NC2CC2)cc1-c1ccn2c(CC(F)(F)F)nnc2c1. The minimum absolute atomic E-state index is 0.116. The topological polar surface area (TPSA) is 59.3 Å². The summed E-state index contributed by atoms with van der Waals surface area (Å²) < 4.78 is 39.2. The summed E-state index contributed by atoms with van der Waals surface area (Å²) >= 11 is 0. The van der Waals surface area contributed by atoms with Crippen LogP contribution in [0, 0.1) is 6.92 Å². The Labute approximate surface area is 153 Å². The van der Waals surface area contributed by atoms with Crippen LogP contribution in [0.5, 0.6) is 0 Å². The van der Waals surface area contributed by atoms with Gasteiger partial charge in [-0.3, -0.25) is 9.20 Å². The zero-order chi connectivity index (χ0) is 19.2. The summed E-state index contributed by atoms with van der Waals surface area (Å²) in [5.74, 6) is -0.270. The molecule has 140 valence electrons. The van der Waals surface area contributed by atoms with E-state index in [1.54, 1.807) is 24.3 Å². The fraction of sp³-hybridized carbons (Fsp3) is 0.316. The van der Waals surface area contributed by atoms with Crippen molar-refractivity contribution in [2.24, 2.45) is 0 Å². The zero-order valence-electron chi connectivity index (χ0n) is 14.5. The molecule has 2 heterocycles. The van der Waals surface area contributed by atoms with Gasteiger partial charge in [-0.05, 0) is 60.7 Å². The van der Waals surface area contributed by atoms with Crippen LogP contribution in [0.4, 0.5) is 13.2 Å². The highest BCUT2D eigenvalue weighted by atomic mass is 19.4. The molecule has 0 radical (unpaired) electrons. The molecule has 0 saturated heterocycles. The molecule has 4 rings (SSSR count). The first kappa shape index (κ1) is 17.5. The fourth-order valence-corrected chi connectivity index (χ4v) is 2.98. The lowest BCUT2D eigenvalue weighted by Crippen LogP contribution is -2.25. The zero-order valence-corrected chi connectivity index (χ0v) is 14.5. The molecule has 1 aliphatic carbocycles. The standard InChI is InChI=1S/C19H17F3N4O/c1-11-2-3-13(18(27)23-14-4-5-14)8-15(11)12-6-7-26-16(9-12)24-25-17(26)10-19(20,21)22/h2-3,6-9,14H,4-5,10H2,1H3,(H,23,27). The molecule has 3 aromatic rings. The van der Waals surface area contributed by atoms with Crippen LogP contribution >= 0.6 is 0 Å². The average molecular weight is 374 g/mol. The van der Waals surface area contributed by atoms with E-state index in [0.717, 1.165) is 29.5 Å². The van der Waals surface area contributed by atoms with E-state index in [0.29, 0.717) is 11.2 Å². The Morgan fingerprint density at radius 3 is 2.70 bits per heavy atom. The lowest BCUT2D eigenvalue weighted by atomic mass is 9.98. The van der Waals surface area contributed by atoms with Gasteiger partial charge in [0, 0.05) is 17.8 Å². The van der Waals surface area contributed by atoms with Gasteiger partial charge in [-0.25, -0.2) is 0 Å². The third-order valence-electron chi connectivity index (χ3n) is 4.56. The van der Waals surface area contributed by atoms with Crippen LogP contribution in [0.25, 0.3) is 16.8 Å². The Balaban J connectivity index is 1.68. The molecule has 1 fully saturated rings. The predicted octanol–water partition coefficient (Wildman–Crippen LogP) is 3.70. The molecular formula is C19H17F3N4O. The molecule has 1 aliphatic rings. The van der Waals surface area contributed by atoms with Gasteiger partial charge in [0.05, 0.1) is 0 Å². The lowest BCUT2D eigenvalue weighted by Gasteiger charge is -2.10. The number of hydrogen-bond donors (Lipinski definition) is 1. The van der Waals surface area contributed by atoms with E-state index in [1.807, 2.05) is 13.0 Å². The summed E-state index contributed by atoms with van der Waals surface area (Å²) in [5, 5.41) is 10.5. The van der Waals surface area contributed by atoms with Crippen LogP contribution in [0.2, 0.25) is 0 Å². The second-order valence-electron chi connectivity index (χ2n) is 6.83. The molecule has 5 nitrogen and oxygen atoms in total. The van der Waals surface area contributed by atoms with Crippen molar-refractivity contribution in [3.05, 3.63) is 53.5 Å². The molecule has 0 atom stereocenters. The molecule has 0 bridgehead atoms. The minimum Gasteiger partial charge on any atom is -0.349 e. The Morgan fingerprint density at radius 2 is 2.00 bits per heavy atom. The summed E-state index contributed by atoms with van der Waals surface area (Å²) in [6.45, 7) is 1.92. The van der Waals surface area contributed by atoms with Gasteiger partial charge in [0.25, 0.3) is 5.91 Å². The van der Waals surface area contributed by atoms with E-state index in [2.05, 4.69) is 15.5 Å². The molecule has 0 unspecified atom stereocenters. The van der Waals surface area contributed by atoms with Crippen molar-refractivity contribution in [3.8, 4) is 11.1 Å². The highest BCUT2D eigenvalue weighted by molar-refractivity contribution is 5.96. The molecule has 0 aliphatic heterocycles.